The first-order valence-electron chi connectivity index (χ1n) is 20.2. The molecule has 1 aromatic heterocycles. The SMILES string of the molecule is C[C@H](NC(=O)c1ccc2c(Oc3ccc(C(F)(F)F)cc3)cccc2c1)c1cccc(CN2CC3(CCN(c4ccc5c(c4)CN(C4CCC(=O)NC4=O)C5=O)CC3)C2)n1. The number of anilines is 1. The van der Waals surface area contributed by atoms with E-state index in [4.69, 9.17) is 9.72 Å². The molecule has 0 radical (unpaired) electrons. The van der Waals surface area contributed by atoms with Gasteiger partial charge in [-0.15, -0.1) is 0 Å². The van der Waals surface area contributed by atoms with Crippen molar-refractivity contribution < 1.29 is 37.1 Å². The summed E-state index contributed by atoms with van der Waals surface area (Å²) in [7, 11) is 0. The summed E-state index contributed by atoms with van der Waals surface area (Å²) in [6.07, 6.45) is -1.74. The number of aromatic nitrogens is 1. The standard InChI is InChI=1S/C46H43F3N6O5/c1-28(50-42(57)30-8-14-36-29(22-30)4-2-7-40(36)60-35-12-9-32(10-13-35)46(47,48)49)38-6-3-5-33(51-38)25-53-26-45(27-53)18-20-54(21-19-45)34-11-15-37-31(23-34)24-55(44(37)59)39-16-17-41(56)52-43(39)58/h2-15,22-23,28,39H,16-21,24-27H2,1H3,(H,50,57)(H,52,56,58)/t28-,39?/m0/s1. The van der Waals surface area contributed by atoms with Crippen molar-refractivity contribution in [1.29, 1.82) is 0 Å². The Labute approximate surface area is 344 Å². The number of piperidine rings is 2. The number of likely N-dealkylation sites (tertiary alicyclic amines) is 1. The second kappa shape index (κ2) is 15.4. The van der Waals surface area contributed by atoms with E-state index in [9.17, 15) is 32.3 Å². The molecule has 308 valence electrons. The molecule has 2 N–H and O–H groups in total. The zero-order valence-corrected chi connectivity index (χ0v) is 32.9. The summed E-state index contributed by atoms with van der Waals surface area (Å²) in [5.74, 6) is -0.387. The molecule has 60 heavy (non-hydrogen) atoms. The normalized spacial score (nSPS) is 19.5. The van der Waals surface area contributed by atoms with E-state index >= 15 is 0 Å². The topological polar surface area (TPSA) is 124 Å². The molecule has 4 aliphatic heterocycles. The highest BCUT2D eigenvalue weighted by molar-refractivity contribution is 6.05. The Hall–Kier alpha value is -6.28. The maximum absolute atomic E-state index is 13.4. The van der Waals surface area contributed by atoms with E-state index in [0.717, 1.165) is 79.2 Å². The van der Waals surface area contributed by atoms with Gasteiger partial charge in [0.2, 0.25) is 11.8 Å². The van der Waals surface area contributed by atoms with Crippen molar-refractivity contribution in [3.63, 3.8) is 0 Å². The summed E-state index contributed by atoms with van der Waals surface area (Å²) >= 11 is 0. The summed E-state index contributed by atoms with van der Waals surface area (Å²) in [6, 6.07) is 26.0. The van der Waals surface area contributed by atoms with Crippen LogP contribution in [0.15, 0.2) is 97.1 Å². The van der Waals surface area contributed by atoms with Crippen LogP contribution in [0, 0.1) is 5.41 Å². The Kier molecular flexibility index (Phi) is 10.1. The first-order chi connectivity index (χ1) is 28.8. The third-order valence-electron chi connectivity index (χ3n) is 12.3. The molecule has 0 bridgehead atoms. The number of ether oxygens (including phenoxy) is 1. The van der Waals surface area contributed by atoms with Crippen LogP contribution in [0.3, 0.4) is 0 Å². The average molecular weight is 817 g/mol. The number of nitrogens with zero attached hydrogens (tertiary/aromatic N) is 4. The Morgan fingerprint density at radius 1 is 0.950 bits per heavy atom. The van der Waals surface area contributed by atoms with E-state index < -0.39 is 23.7 Å². The van der Waals surface area contributed by atoms with Gasteiger partial charge in [-0.3, -0.25) is 34.4 Å². The van der Waals surface area contributed by atoms with Gasteiger partial charge in [0.05, 0.1) is 23.0 Å². The summed E-state index contributed by atoms with van der Waals surface area (Å²) in [5, 5.41) is 6.90. The second-order valence-corrected chi connectivity index (χ2v) is 16.4. The lowest BCUT2D eigenvalue weighted by Gasteiger charge is -2.54. The molecule has 0 saturated carbocycles. The highest BCUT2D eigenvalue weighted by Crippen LogP contribution is 2.43. The molecular formula is C46H43F3N6O5. The number of nitrogens with one attached hydrogen (secondary N) is 2. The van der Waals surface area contributed by atoms with Crippen molar-refractivity contribution in [2.75, 3.05) is 31.1 Å². The van der Waals surface area contributed by atoms with Crippen LogP contribution < -0.4 is 20.3 Å². The number of imide groups is 1. The monoisotopic (exact) mass is 816 g/mol. The van der Waals surface area contributed by atoms with Crippen molar-refractivity contribution in [3.05, 3.63) is 131 Å². The summed E-state index contributed by atoms with van der Waals surface area (Å²) < 4.78 is 44.9. The van der Waals surface area contributed by atoms with Gasteiger partial charge >= 0.3 is 6.18 Å². The average Bonchev–Trinajstić information content (AvgIpc) is 3.55. The highest BCUT2D eigenvalue weighted by atomic mass is 19.4. The predicted octanol–water partition coefficient (Wildman–Crippen LogP) is 7.40. The van der Waals surface area contributed by atoms with Crippen LogP contribution in [-0.2, 0) is 28.9 Å². The molecule has 5 heterocycles. The molecule has 14 heteroatoms. The third kappa shape index (κ3) is 7.79. The Morgan fingerprint density at radius 2 is 1.72 bits per heavy atom. The number of carbonyl (C=O) groups is 4. The fraction of sp³-hybridized carbons (Fsp3) is 0.326. The molecule has 5 aromatic rings. The van der Waals surface area contributed by atoms with Gasteiger partial charge in [0.1, 0.15) is 17.5 Å². The zero-order chi connectivity index (χ0) is 41.8. The summed E-state index contributed by atoms with van der Waals surface area (Å²) in [4.78, 5) is 62.0. The first kappa shape index (κ1) is 39.2. The molecule has 4 aromatic carbocycles. The molecule has 3 fully saturated rings. The molecule has 3 saturated heterocycles. The number of hydrogen-bond acceptors (Lipinski definition) is 8. The number of rotatable bonds is 9. The molecule has 4 aliphatic rings. The Morgan fingerprint density at radius 3 is 2.47 bits per heavy atom. The van der Waals surface area contributed by atoms with Crippen molar-refractivity contribution in [1.82, 2.24) is 25.4 Å². The van der Waals surface area contributed by atoms with Crippen LogP contribution in [0.1, 0.15) is 81.9 Å². The van der Waals surface area contributed by atoms with Gasteiger partial charge in [-0.05, 0) is 121 Å². The maximum Gasteiger partial charge on any atom is 0.416 e. The molecule has 1 spiro atoms. The molecule has 9 rings (SSSR count). The number of pyridine rings is 1. The van der Waals surface area contributed by atoms with E-state index in [1.54, 1.807) is 35.2 Å². The van der Waals surface area contributed by atoms with E-state index in [1.165, 1.54) is 12.1 Å². The molecule has 4 amide bonds. The minimum absolute atomic E-state index is 0.161. The number of fused-ring (bicyclic) bond motifs is 2. The molecular weight excluding hydrogens is 774 g/mol. The molecule has 0 aliphatic carbocycles. The van der Waals surface area contributed by atoms with Crippen molar-refractivity contribution in [3.8, 4) is 11.5 Å². The quantitative estimate of drug-likeness (QED) is 0.148. The van der Waals surface area contributed by atoms with E-state index in [-0.39, 0.29) is 41.3 Å². The number of carbonyl (C=O) groups excluding carboxylic acids is 4. The lowest BCUT2D eigenvalue weighted by Crippen LogP contribution is -2.59. The minimum atomic E-state index is -4.43. The fourth-order valence-electron chi connectivity index (χ4n) is 9.06. The van der Waals surface area contributed by atoms with Gasteiger partial charge in [-0.25, -0.2) is 0 Å². The second-order valence-electron chi connectivity index (χ2n) is 16.4. The number of alkyl halides is 3. The van der Waals surface area contributed by atoms with Gasteiger partial charge in [0.25, 0.3) is 11.8 Å². The van der Waals surface area contributed by atoms with Gasteiger partial charge in [0, 0.05) is 67.9 Å². The van der Waals surface area contributed by atoms with Gasteiger partial charge in [-0.2, -0.15) is 13.2 Å². The Balaban J connectivity index is 0.764. The smallest absolute Gasteiger partial charge is 0.416 e. The van der Waals surface area contributed by atoms with E-state index in [2.05, 4.69) is 26.5 Å². The lowest BCUT2D eigenvalue weighted by atomic mass is 9.72. The van der Waals surface area contributed by atoms with Gasteiger partial charge in [0.15, 0.2) is 0 Å². The van der Waals surface area contributed by atoms with Crippen molar-refractivity contribution in [2.45, 2.75) is 64.0 Å². The predicted molar refractivity (Wildman–Crippen MR) is 217 cm³/mol. The number of hydrogen-bond donors (Lipinski definition) is 2. The van der Waals surface area contributed by atoms with E-state index in [1.807, 2.05) is 43.3 Å². The number of halogens is 3. The van der Waals surface area contributed by atoms with Crippen LogP contribution >= 0.6 is 0 Å². The molecule has 2 atom stereocenters. The largest absolute Gasteiger partial charge is 0.457 e. The van der Waals surface area contributed by atoms with Crippen LogP contribution in [0.2, 0.25) is 0 Å². The fourth-order valence-corrected chi connectivity index (χ4v) is 9.06. The first-order valence-corrected chi connectivity index (χ1v) is 20.2. The van der Waals surface area contributed by atoms with Gasteiger partial charge in [-0.1, -0.05) is 18.2 Å². The number of amides is 4. The van der Waals surface area contributed by atoms with Crippen molar-refractivity contribution >= 4 is 40.1 Å². The van der Waals surface area contributed by atoms with Gasteiger partial charge < -0.3 is 19.9 Å². The van der Waals surface area contributed by atoms with Crippen LogP contribution in [-0.4, -0.2) is 70.6 Å². The van der Waals surface area contributed by atoms with Crippen LogP contribution in [0.5, 0.6) is 11.5 Å². The maximum atomic E-state index is 13.4. The van der Waals surface area contributed by atoms with Crippen molar-refractivity contribution in [2.24, 2.45) is 5.41 Å². The van der Waals surface area contributed by atoms with Crippen LogP contribution in [0.25, 0.3) is 10.8 Å². The summed E-state index contributed by atoms with van der Waals surface area (Å²) in [6.45, 7) is 6.78. The number of benzene rings is 4. The molecule has 11 nitrogen and oxygen atoms in total. The summed E-state index contributed by atoms with van der Waals surface area (Å²) in [5.41, 5.74) is 4.27. The van der Waals surface area contributed by atoms with E-state index in [0.29, 0.717) is 41.8 Å². The highest BCUT2D eigenvalue weighted by Gasteiger charge is 2.45. The minimum Gasteiger partial charge on any atom is -0.457 e. The third-order valence-corrected chi connectivity index (χ3v) is 12.3. The van der Waals surface area contributed by atoms with Crippen LogP contribution in [0.4, 0.5) is 18.9 Å². The Bertz CT molecular complexity index is 2510. The molecule has 1 unspecified atom stereocenters. The zero-order valence-electron chi connectivity index (χ0n) is 32.9. The lowest BCUT2D eigenvalue weighted by molar-refractivity contribution is -0.138.